The number of hydrogen-bond acceptors (Lipinski definition) is 5. The number of piperazine rings is 1. The first-order chi connectivity index (χ1) is 12.4. The lowest BCUT2D eigenvalue weighted by molar-refractivity contribution is 0.312. The highest BCUT2D eigenvalue weighted by Crippen LogP contribution is 2.20. The summed E-state index contributed by atoms with van der Waals surface area (Å²) in [5.74, 6) is 1.48. The molecule has 0 bridgehead atoms. The van der Waals surface area contributed by atoms with Gasteiger partial charge in [0, 0.05) is 48.6 Å². The van der Waals surface area contributed by atoms with Gasteiger partial charge in [0.2, 0.25) is 5.96 Å². The molecule has 3 rings (SSSR count). The highest BCUT2D eigenvalue weighted by atomic mass is 35.5. The number of hydrogen-bond donors (Lipinski definition) is 2. The van der Waals surface area contributed by atoms with Crippen molar-refractivity contribution >= 4 is 35.0 Å². The molecule has 26 heavy (non-hydrogen) atoms. The van der Waals surface area contributed by atoms with Gasteiger partial charge in [0.05, 0.1) is 0 Å². The van der Waals surface area contributed by atoms with Gasteiger partial charge < -0.3 is 20.9 Å². The molecule has 1 aliphatic heterocycles. The molecule has 2 aromatic rings. The molecule has 3 N–H and O–H groups in total. The maximum Gasteiger partial charge on any atom is 0.254 e. The maximum absolute atomic E-state index is 6.05. The van der Waals surface area contributed by atoms with Crippen LogP contribution in [0.1, 0.15) is 11.3 Å². The molecule has 1 fully saturated rings. The fourth-order valence-electron chi connectivity index (χ4n) is 2.79. The molecule has 8 heteroatoms. The summed E-state index contributed by atoms with van der Waals surface area (Å²) in [5.41, 5.74) is 8.68. The Morgan fingerprint density at radius 3 is 2.58 bits per heavy atom. The van der Waals surface area contributed by atoms with Gasteiger partial charge in [-0.2, -0.15) is 9.98 Å². The van der Waals surface area contributed by atoms with Crippen LogP contribution in [-0.2, 0) is 0 Å². The first-order valence-corrected chi connectivity index (χ1v) is 8.95. The predicted molar refractivity (Wildman–Crippen MR) is 108 cm³/mol. The molecular weight excluding hydrogens is 350 g/mol. The van der Waals surface area contributed by atoms with E-state index >= 15 is 0 Å². The fourth-order valence-corrected chi connectivity index (χ4v) is 2.91. The standard InChI is InChI=1S/C18H24ClN7/c1-12-10-14(4-5-15(12)19)22-17(20)24-18-21-13(2)11-16(23-18)26-8-6-25(3)7-9-26/h4-5,10-11H,6-9H2,1-3H3,(H3,20,21,22,23,24). The lowest BCUT2D eigenvalue weighted by Crippen LogP contribution is -2.44. The summed E-state index contributed by atoms with van der Waals surface area (Å²) < 4.78 is 0. The normalized spacial score (nSPS) is 16.0. The van der Waals surface area contributed by atoms with E-state index in [1.54, 1.807) is 0 Å². The first-order valence-electron chi connectivity index (χ1n) is 8.57. The van der Waals surface area contributed by atoms with Crippen molar-refractivity contribution in [2.24, 2.45) is 10.7 Å². The van der Waals surface area contributed by atoms with E-state index in [-0.39, 0.29) is 5.96 Å². The number of nitrogens with two attached hydrogens (primary N) is 1. The predicted octanol–water partition coefficient (Wildman–Crippen LogP) is 2.56. The van der Waals surface area contributed by atoms with Gasteiger partial charge in [-0.15, -0.1) is 0 Å². The lowest BCUT2D eigenvalue weighted by Gasteiger charge is -2.33. The number of halogens is 1. The van der Waals surface area contributed by atoms with Gasteiger partial charge in [-0.25, -0.2) is 4.98 Å². The van der Waals surface area contributed by atoms with Gasteiger partial charge in [-0.1, -0.05) is 11.6 Å². The average Bonchev–Trinajstić information content (AvgIpc) is 2.58. The zero-order valence-corrected chi connectivity index (χ0v) is 16.1. The van der Waals surface area contributed by atoms with E-state index in [2.05, 4.69) is 37.1 Å². The summed E-state index contributed by atoms with van der Waals surface area (Å²) in [6.07, 6.45) is 0. The quantitative estimate of drug-likeness (QED) is 0.635. The average molecular weight is 374 g/mol. The third-order valence-electron chi connectivity index (χ3n) is 4.31. The van der Waals surface area contributed by atoms with Crippen molar-refractivity contribution in [1.82, 2.24) is 14.9 Å². The van der Waals surface area contributed by atoms with Gasteiger partial charge in [-0.3, -0.25) is 0 Å². The molecule has 0 radical (unpaired) electrons. The third kappa shape index (κ3) is 4.62. The molecule has 7 nitrogen and oxygen atoms in total. The molecule has 138 valence electrons. The minimum atomic E-state index is 0.238. The van der Waals surface area contributed by atoms with Crippen LogP contribution >= 0.6 is 11.6 Å². The molecule has 0 atom stereocenters. The van der Waals surface area contributed by atoms with E-state index in [4.69, 9.17) is 17.3 Å². The van der Waals surface area contributed by atoms with Gasteiger partial charge in [0.1, 0.15) is 5.82 Å². The van der Waals surface area contributed by atoms with E-state index in [9.17, 15) is 0 Å². The Labute approximate surface area is 158 Å². The summed E-state index contributed by atoms with van der Waals surface area (Å²) in [5, 5.41) is 3.76. The number of likely N-dealkylation sites (N-methyl/N-ethyl adjacent to an activating group) is 1. The zero-order chi connectivity index (χ0) is 18.7. The number of benzene rings is 1. The summed E-state index contributed by atoms with van der Waals surface area (Å²) in [6.45, 7) is 7.78. The zero-order valence-electron chi connectivity index (χ0n) is 15.3. The molecule has 1 aliphatic rings. The largest absolute Gasteiger partial charge is 0.369 e. The summed E-state index contributed by atoms with van der Waals surface area (Å²) in [7, 11) is 2.13. The van der Waals surface area contributed by atoms with E-state index < -0.39 is 0 Å². The number of guanidine groups is 1. The van der Waals surface area contributed by atoms with Crippen LogP contribution in [0.15, 0.2) is 29.3 Å². The van der Waals surface area contributed by atoms with E-state index in [1.165, 1.54) is 0 Å². The van der Waals surface area contributed by atoms with Gasteiger partial charge in [-0.05, 0) is 44.7 Å². The number of aryl methyl sites for hydroxylation is 2. The minimum absolute atomic E-state index is 0.238. The molecule has 1 aromatic carbocycles. The van der Waals surface area contributed by atoms with Gasteiger partial charge in [0.25, 0.3) is 5.95 Å². The van der Waals surface area contributed by atoms with Crippen LogP contribution in [-0.4, -0.2) is 54.1 Å². The van der Waals surface area contributed by atoms with Crippen LogP contribution < -0.4 is 16.0 Å². The molecular formula is C18H24ClN7. The van der Waals surface area contributed by atoms with Crippen LogP contribution in [0.5, 0.6) is 0 Å². The second kappa shape index (κ2) is 7.88. The van der Waals surface area contributed by atoms with Crippen LogP contribution in [0.4, 0.5) is 17.5 Å². The van der Waals surface area contributed by atoms with Crippen molar-refractivity contribution in [3.8, 4) is 0 Å². The van der Waals surface area contributed by atoms with Crippen LogP contribution in [0, 0.1) is 13.8 Å². The van der Waals surface area contributed by atoms with Gasteiger partial charge in [0.15, 0.2) is 0 Å². The summed E-state index contributed by atoms with van der Waals surface area (Å²) in [4.78, 5) is 17.8. The van der Waals surface area contributed by atoms with Crippen molar-refractivity contribution in [1.29, 1.82) is 0 Å². The monoisotopic (exact) mass is 373 g/mol. The van der Waals surface area contributed by atoms with Gasteiger partial charge >= 0.3 is 0 Å². The highest BCUT2D eigenvalue weighted by molar-refractivity contribution is 6.31. The number of aliphatic imine (C=N–C) groups is 1. The lowest BCUT2D eigenvalue weighted by atomic mass is 10.2. The van der Waals surface area contributed by atoms with Crippen LogP contribution in [0.25, 0.3) is 0 Å². The Kier molecular flexibility index (Phi) is 5.58. The van der Waals surface area contributed by atoms with E-state index in [0.717, 1.165) is 48.9 Å². The Morgan fingerprint density at radius 1 is 1.15 bits per heavy atom. The molecule has 0 aliphatic carbocycles. The molecule has 1 saturated heterocycles. The van der Waals surface area contributed by atoms with Crippen molar-refractivity contribution < 1.29 is 0 Å². The molecule has 2 heterocycles. The number of nitrogens with zero attached hydrogens (tertiary/aromatic N) is 5. The smallest absolute Gasteiger partial charge is 0.254 e. The molecule has 1 aromatic heterocycles. The van der Waals surface area contributed by atoms with Crippen molar-refractivity contribution in [3.05, 3.63) is 40.5 Å². The second-order valence-corrected chi connectivity index (χ2v) is 6.95. The molecule has 0 unspecified atom stereocenters. The first kappa shape index (κ1) is 18.4. The van der Waals surface area contributed by atoms with Crippen molar-refractivity contribution in [3.63, 3.8) is 0 Å². The van der Waals surface area contributed by atoms with E-state index in [0.29, 0.717) is 11.0 Å². The molecule has 0 spiro atoms. The third-order valence-corrected chi connectivity index (χ3v) is 4.73. The molecule has 0 saturated carbocycles. The highest BCUT2D eigenvalue weighted by Gasteiger charge is 2.16. The Bertz CT molecular complexity index is 813. The van der Waals surface area contributed by atoms with Crippen LogP contribution in [0.2, 0.25) is 5.02 Å². The number of anilines is 2. The Morgan fingerprint density at radius 2 is 1.88 bits per heavy atom. The Hall–Kier alpha value is -2.38. The van der Waals surface area contributed by atoms with Crippen molar-refractivity contribution in [2.75, 3.05) is 43.4 Å². The number of aromatic nitrogens is 2. The summed E-state index contributed by atoms with van der Waals surface area (Å²) >= 11 is 6.05. The number of nitrogens with one attached hydrogen (secondary N) is 1. The maximum atomic E-state index is 6.05. The second-order valence-electron chi connectivity index (χ2n) is 6.54. The van der Waals surface area contributed by atoms with Crippen molar-refractivity contribution in [2.45, 2.75) is 13.8 Å². The Balaban J connectivity index is 1.77. The fraction of sp³-hybridized carbons (Fsp3) is 0.389. The SMILES string of the molecule is Cc1cc(N2CCN(C)CC2)nc(N=C(N)Nc2ccc(Cl)c(C)c2)n1. The summed E-state index contributed by atoms with van der Waals surface area (Å²) in [6, 6.07) is 7.57. The van der Waals surface area contributed by atoms with E-state index in [1.807, 2.05) is 38.1 Å². The topological polar surface area (TPSA) is 82.7 Å². The molecule has 0 amide bonds. The minimum Gasteiger partial charge on any atom is -0.369 e. The van der Waals surface area contributed by atoms with Crippen LogP contribution in [0.3, 0.4) is 0 Å². The number of rotatable bonds is 3.